The summed E-state index contributed by atoms with van der Waals surface area (Å²) in [5.41, 5.74) is 0.721. The van der Waals surface area contributed by atoms with Gasteiger partial charge in [0.2, 0.25) is 0 Å². The van der Waals surface area contributed by atoms with Crippen LogP contribution in [0.25, 0.3) is 0 Å². The molecule has 0 aliphatic carbocycles. The second kappa shape index (κ2) is 8.44. The van der Waals surface area contributed by atoms with Crippen LogP contribution in [0.1, 0.15) is 25.1 Å². The molecule has 0 spiro atoms. The zero-order valence-corrected chi connectivity index (χ0v) is 14.5. The second-order valence-corrected chi connectivity index (χ2v) is 5.87. The second-order valence-electron chi connectivity index (χ2n) is 5.87. The van der Waals surface area contributed by atoms with E-state index in [2.05, 4.69) is 25.7 Å². The summed E-state index contributed by atoms with van der Waals surface area (Å²) in [6, 6.07) is 5.88. The van der Waals surface area contributed by atoms with Crippen LogP contribution in [0.5, 0.6) is 0 Å². The molecule has 24 heavy (non-hydrogen) atoms. The Morgan fingerprint density at radius 2 is 2.21 bits per heavy atom. The third-order valence-electron chi connectivity index (χ3n) is 3.62. The zero-order valence-electron chi connectivity index (χ0n) is 14.5. The van der Waals surface area contributed by atoms with Crippen LogP contribution in [0.2, 0.25) is 0 Å². The first-order valence-electron chi connectivity index (χ1n) is 8.15. The van der Waals surface area contributed by atoms with Gasteiger partial charge in [-0.1, -0.05) is 6.07 Å². The highest BCUT2D eigenvalue weighted by Gasteiger charge is 2.24. The van der Waals surface area contributed by atoms with Crippen LogP contribution >= 0.6 is 0 Å². The van der Waals surface area contributed by atoms with E-state index in [1.54, 1.807) is 30.2 Å². The average Bonchev–Trinajstić information content (AvgIpc) is 3.01. The Hall–Kier alpha value is -2.41. The first-order valence-corrected chi connectivity index (χ1v) is 8.15. The quantitative estimate of drug-likeness (QED) is 0.517. The maximum atomic E-state index is 10.6. The molecule has 0 saturated carbocycles. The van der Waals surface area contributed by atoms with Gasteiger partial charge in [0, 0.05) is 50.2 Å². The van der Waals surface area contributed by atoms with Gasteiger partial charge in [0.25, 0.3) is 0 Å². The van der Waals surface area contributed by atoms with Crippen LogP contribution in [0.3, 0.4) is 0 Å². The van der Waals surface area contributed by atoms with Gasteiger partial charge in [-0.3, -0.25) is 9.67 Å². The largest absolute Gasteiger partial charge is 0.383 e. The third-order valence-corrected chi connectivity index (χ3v) is 3.62. The molecule has 0 aromatic carbocycles. The number of aliphatic hydroxyl groups is 1. The van der Waals surface area contributed by atoms with Gasteiger partial charge < -0.3 is 15.7 Å². The zero-order chi connectivity index (χ0) is 17.4. The molecule has 1 atom stereocenters. The van der Waals surface area contributed by atoms with Gasteiger partial charge in [0.05, 0.1) is 12.7 Å². The van der Waals surface area contributed by atoms with Crippen molar-refractivity contribution in [1.29, 1.82) is 0 Å². The summed E-state index contributed by atoms with van der Waals surface area (Å²) < 4.78 is 1.67. The number of aliphatic imine (C=N–C) groups is 1. The van der Waals surface area contributed by atoms with E-state index in [0.717, 1.165) is 30.8 Å². The summed E-state index contributed by atoms with van der Waals surface area (Å²) in [5, 5.41) is 21.1. The van der Waals surface area contributed by atoms with Crippen molar-refractivity contribution >= 4 is 5.96 Å². The molecule has 0 radical (unpaired) electrons. The lowest BCUT2D eigenvalue weighted by atomic mass is 10.0. The van der Waals surface area contributed by atoms with Gasteiger partial charge in [-0.25, -0.2) is 4.99 Å². The minimum Gasteiger partial charge on any atom is -0.383 e. The molecule has 0 aliphatic heterocycles. The third kappa shape index (κ3) is 5.34. The van der Waals surface area contributed by atoms with Crippen molar-refractivity contribution < 1.29 is 5.11 Å². The Morgan fingerprint density at radius 1 is 1.38 bits per heavy atom. The van der Waals surface area contributed by atoms with Crippen LogP contribution in [0.15, 0.2) is 41.8 Å². The fourth-order valence-corrected chi connectivity index (χ4v) is 2.22. The lowest BCUT2D eigenvalue weighted by Gasteiger charge is -2.20. The summed E-state index contributed by atoms with van der Waals surface area (Å²) in [7, 11) is 1.83. The number of hydrogen-bond acceptors (Lipinski definition) is 4. The highest BCUT2D eigenvalue weighted by atomic mass is 16.3. The Kier molecular flexibility index (Phi) is 6.31. The molecule has 2 aromatic rings. The molecule has 7 nitrogen and oxygen atoms in total. The fourth-order valence-electron chi connectivity index (χ4n) is 2.22. The molecule has 2 rings (SSSR count). The van der Waals surface area contributed by atoms with E-state index in [1.165, 1.54) is 0 Å². The van der Waals surface area contributed by atoms with E-state index in [-0.39, 0.29) is 6.54 Å². The number of nitrogens with one attached hydrogen (secondary N) is 2. The molecule has 3 N–H and O–H groups in total. The monoisotopic (exact) mass is 330 g/mol. The summed E-state index contributed by atoms with van der Waals surface area (Å²) in [6.07, 6.45) is 6.07. The van der Waals surface area contributed by atoms with E-state index >= 15 is 0 Å². The molecular weight excluding hydrogens is 304 g/mol. The Morgan fingerprint density at radius 3 is 2.83 bits per heavy atom. The highest BCUT2D eigenvalue weighted by Crippen LogP contribution is 2.19. The van der Waals surface area contributed by atoms with Crippen LogP contribution in [-0.4, -0.2) is 45.5 Å². The first kappa shape index (κ1) is 17.9. The summed E-state index contributed by atoms with van der Waals surface area (Å²) in [4.78, 5) is 8.79. The SMILES string of the molecule is CCNC(=NCC(C)(O)c1cnn(C)c1)NCCc1ccccn1. The van der Waals surface area contributed by atoms with Gasteiger partial charge in [0.1, 0.15) is 5.60 Å². The Balaban J connectivity index is 1.92. The molecule has 0 saturated heterocycles. The minimum atomic E-state index is -1.06. The molecule has 130 valence electrons. The number of guanidine groups is 1. The maximum absolute atomic E-state index is 10.6. The summed E-state index contributed by atoms with van der Waals surface area (Å²) in [6.45, 7) is 5.47. The summed E-state index contributed by atoms with van der Waals surface area (Å²) in [5.74, 6) is 0.678. The average molecular weight is 330 g/mol. The van der Waals surface area contributed by atoms with Crippen molar-refractivity contribution in [2.45, 2.75) is 25.9 Å². The molecule has 1 unspecified atom stereocenters. The van der Waals surface area contributed by atoms with Gasteiger partial charge in [-0.15, -0.1) is 0 Å². The molecule has 7 heteroatoms. The Bertz CT molecular complexity index is 650. The number of nitrogens with zero attached hydrogens (tertiary/aromatic N) is 4. The van der Waals surface area contributed by atoms with Gasteiger partial charge in [-0.05, 0) is 26.0 Å². The molecule has 0 amide bonds. The van der Waals surface area contributed by atoms with E-state index in [9.17, 15) is 5.11 Å². The van der Waals surface area contributed by atoms with Crippen LogP contribution in [0.4, 0.5) is 0 Å². The van der Waals surface area contributed by atoms with Crippen molar-refractivity contribution in [3.8, 4) is 0 Å². The molecule has 2 aromatic heterocycles. The fraction of sp³-hybridized carbons (Fsp3) is 0.471. The van der Waals surface area contributed by atoms with Gasteiger partial charge in [0.15, 0.2) is 5.96 Å². The number of hydrogen-bond donors (Lipinski definition) is 3. The van der Waals surface area contributed by atoms with E-state index in [4.69, 9.17) is 0 Å². The lowest BCUT2D eigenvalue weighted by Crippen LogP contribution is -2.39. The number of aromatic nitrogens is 3. The van der Waals surface area contributed by atoms with Crippen molar-refractivity contribution in [1.82, 2.24) is 25.4 Å². The van der Waals surface area contributed by atoms with Crippen molar-refractivity contribution in [3.63, 3.8) is 0 Å². The predicted molar refractivity (Wildman–Crippen MR) is 94.7 cm³/mol. The van der Waals surface area contributed by atoms with Gasteiger partial charge in [-0.2, -0.15) is 5.10 Å². The van der Waals surface area contributed by atoms with Crippen molar-refractivity contribution in [2.75, 3.05) is 19.6 Å². The first-order chi connectivity index (χ1) is 11.5. The van der Waals surface area contributed by atoms with Crippen LogP contribution < -0.4 is 10.6 Å². The number of rotatable bonds is 7. The maximum Gasteiger partial charge on any atom is 0.191 e. The molecule has 0 fully saturated rings. The lowest BCUT2D eigenvalue weighted by molar-refractivity contribution is 0.0672. The van der Waals surface area contributed by atoms with Crippen LogP contribution in [-0.2, 0) is 19.1 Å². The van der Waals surface area contributed by atoms with E-state index in [0.29, 0.717) is 5.96 Å². The standard InChI is InChI=1S/C17H26N6O/c1-4-18-16(20-10-8-15-7-5-6-9-19-15)21-13-17(2,24)14-11-22-23(3)12-14/h5-7,9,11-12,24H,4,8,10,13H2,1-3H3,(H2,18,20,21). The Labute approximate surface area is 142 Å². The molecule has 0 aliphatic rings. The van der Waals surface area contributed by atoms with Crippen LogP contribution in [0, 0.1) is 0 Å². The minimum absolute atomic E-state index is 0.248. The highest BCUT2D eigenvalue weighted by molar-refractivity contribution is 5.79. The molecule has 0 bridgehead atoms. The topological polar surface area (TPSA) is 87.4 Å². The molecule has 2 heterocycles. The number of aryl methyl sites for hydroxylation is 1. The smallest absolute Gasteiger partial charge is 0.191 e. The van der Waals surface area contributed by atoms with Crippen molar-refractivity contribution in [2.24, 2.45) is 12.0 Å². The van der Waals surface area contributed by atoms with E-state index < -0.39 is 5.60 Å². The number of pyridine rings is 1. The van der Waals surface area contributed by atoms with Gasteiger partial charge >= 0.3 is 0 Å². The predicted octanol–water partition coefficient (Wildman–Crippen LogP) is 0.820. The van der Waals surface area contributed by atoms with E-state index in [1.807, 2.05) is 32.2 Å². The molecular formula is C17H26N6O. The normalized spacial score (nSPS) is 14.2. The van der Waals surface area contributed by atoms with Crippen molar-refractivity contribution in [3.05, 3.63) is 48.0 Å². The summed E-state index contributed by atoms with van der Waals surface area (Å²) >= 11 is 0.